The molecule has 2 aromatic carbocycles. The quantitative estimate of drug-likeness (QED) is 0.485. The van der Waals surface area contributed by atoms with Crippen molar-refractivity contribution in [1.29, 1.82) is 0 Å². The number of aromatic amines is 2. The largest absolute Gasteiger partial charge is 0.345 e. The van der Waals surface area contributed by atoms with E-state index in [1.54, 1.807) is 38.5 Å². The lowest BCUT2D eigenvalue weighted by molar-refractivity contribution is 0.0827. The molecule has 8 nitrogen and oxygen atoms in total. The average Bonchev–Trinajstić information content (AvgIpc) is 3.32. The molecular formula is C22H22N6O2. The van der Waals surface area contributed by atoms with Gasteiger partial charge in [0.25, 0.3) is 11.8 Å². The van der Waals surface area contributed by atoms with Crippen LogP contribution in [0.4, 0.5) is 5.69 Å². The Balaban J connectivity index is 1.67. The molecule has 2 amide bonds. The molecule has 4 aromatic rings. The van der Waals surface area contributed by atoms with E-state index in [1.807, 2.05) is 32.0 Å². The number of fused-ring (bicyclic) bond motifs is 1. The number of benzene rings is 2. The summed E-state index contributed by atoms with van der Waals surface area (Å²) in [5, 5.41) is 9.88. The normalized spacial score (nSPS) is 10.9. The van der Waals surface area contributed by atoms with Gasteiger partial charge in [0, 0.05) is 25.2 Å². The number of carbonyl (C=O) groups excluding carboxylic acids is 2. The van der Waals surface area contributed by atoms with Crippen LogP contribution in [0, 0.1) is 13.8 Å². The van der Waals surface area contributed by atoms with E-state index < -0.39 is 0 Å². The zero-order valence-corrected chi connectivity index (χ0v) is 17.2. The average molecular weight is 402 g/mol. The van der Waals surface area contributed by atoms with Gasteiger partial charge in [-0.05, 0) is 43.2 Å². The van der Waals surface area contributed by atoms with Crippen LogP contribution in [0.2, 0.25) is 0 Å². The molecule has 0 saturated carbocycles. The molecule has 2 aromatic heterocycles. The van der Waals surface area contributed by atoms with E-state index in [1.165, 1.54) is 4.90 Å². The highest BCUT2D eigenvalue weighted by atomic mass is 16.2. The third-order valence-electron chi connectivity index (χ3n) is 4.97. The van der Waals surface area contributed by atoms with E-state index >= 15 is 0 Å². The van der Waals surface area contributed by atoms with Crippen molar-refractivity contribution in [2.75, 3.05) is 19.4 Å². The van der Waals surface area contributed by atoms with E-state index in [4.69, 9.17) is 0 Å². The first-order valence-electron chi connectivity index (χ1n) is 9.48. The number of amides is 2. The molecule has 0 aliphatic rings. The van der Waals surface area contributed by atoms with Gasteiger partial charge in [0.05, 0.1) is 22.9 Å². The number of carbonyl (C=O) groups is 2. The van der Waals surface area contributed by atoms with Crippen LogP contribution in [0.15, 0.2) is 42.6 Å². The minimum absolute atomic E-state index is 0.0869. The summed E-state index contributed by atoms with van der Waals surface area (Å²) in [6.07, 6.45) is 1.55. The second kappa shape index (κ2) is 7.47. The first kappa shape index (κ1) is 19.4. The van der Waals surface area contributed by atoms with E-state index in [2.05, 4.69) is 25.5 Å². The van der Waals surface area contributed by atoms with Crippen LogP contribution >= 0.6 is 0 Å². The summed E-state index contributed by atoms with van der Waals surface area (Å²) in [5.74, 6) is 0.230. The van der Waals surface area contributed by atoms with Crippen molar-refractivity contribution in [3.8, 4) is 11.5 Å². The summed E-state index contributed by atoms with van der Waals surface area (Å²) < 4.78 is 0. The Labute approximate surface area is 173 Å². The Hall–Kier alpha value is -3.94. The number of hydrogen-bond donors (Lipinski definition) is 3. The van der Waals surface area contributed by atoms with E-state index in [0.29, 0.717) is 33.8 Å². The predicted molar refractivity (Wildman–Crippen MR) is 116 cm³/mol. The van der Waals surface area contributed by atoms with Crippen molar-refractivity contribution in [3.05, 3.63) is 64.8 Å². The highest BCUT2D eigenvalue weighted by Crippen LogP contribution is 2.27. The molecule has 0 aliphatic heterocycles. The molecule has 0 atom stereocenters. The summed E-state index contributed by atoms with van der Waals surface area (Å²) in [7, 11) is 3.42. The van der Waals surface area contributed by atoms with E-state index in [9.17, 15) is 9.59 Å². The van der Waals surface area contributed by atoms with Crippen molar-refractivity contribution in [2.24, 2.45) is 0 Å². The standard InChI is InChI=1S/C22H22N6O2/c1-12-6-5-7-13(2)18(12)21(29)26-17-11-23-27-19(17)20-24-15-9-8-14(10-16(15)25-20)22(30)28(3)4/h5-11H,1-4H3,(H,23,27)(H,24,25)(H,26,29). The van der Waals surface area contributed by atoms with Crippen LogP contribution in [-0.2, 0) is 0 Å². The van der Waals surface area contributed by atoms with Gasteiger partial charge >= 0.3 is 0 Å². The SMILES string of the molecule is Cc1cccc(C)c1C(=O)Nc1cn[nH]c1-c1nc2ccc(C(=O)N(C)C)cc2[nH]1. The monoisotopic (exact) mass is 402 g/mol. The number of imidazole rings is 1. The molecule has 0 radical (unpaired) electrons. The Kier molecular flexibility index (Phi) is 4.83. The summed E-state index contributed by atoms with van der Waals surface area (Å²) in [4.78, 5) is 34.4. The van der Waals surface area contributed by atoms with Crippen LogP contribution in [0.3, 0.4) is 0 Å². The van der Waals surface area contributed by atoms with Crippen LogP contribution in [-0.4, -0.2) is 51.0 Å². The van der Waals surface area contributed by atoms with Gasteiger partial charge in [-0.2, -0.15) is 5.10 Å². The third-order valence-corrected chi connectivity index (χ3v) is 4.97. The highest BCUT2D eigenvalue weighted by molar-refractivity contribution is 6.07. The molecule has 152 valence electrons. The van der Waals surface area contributed by atoms with Gasteiger partial charge in [-0.15, -0.1) is 0 Å². The number of aryl methyl sites for hydroxylation is 2. The maximum atomic E-state index is 12.9. The fraction of sp³-hybridized carbons (Fsp3) is 0.182. The fourth-order valence-electron chi connectivity index (χ4n) is 3.44. The number of aromatic nitrogens is 4. The van der Waals surface area contributed by atoms with Gasteiger partial charge in [-0.1, -0.05) is 18.2 Å². The maximum Gasteiger partial charge on any atom is 0.256 e. The maximum absolute atomic E-state index is 12.9. The van der Waals surface area contributed by atoms with Gasteiger partial charge in [0.1, 0.15) is 5.69 Å². The van der Waals surface area contributed by atoms with Crippen molar-refractivity contribution in [2.45, 2.75) is 13.8 Å². The third kappa shape index (κ3) is 3.43. The van der Waals surface area contributed by atoms with Gasteiger partial charge in [0.2, 0.25) is 0 Å². The molecule has 0 saturated heterocycles. The Bertz CT molecular complexity index is 1250. The Morgan fingerprint density at radius 3 is 2.50 bits per heavy atom. The minimum atomic E-state index is -0.205. The summed E-state index contributed by atoms with van der Waals surface area (Å²) >= 11 is 0. The predicted octanol–water partition coefficient (Wildman–Crippen LogP) is 3.52. The molecule has 30 heavy (non-hydrogen) atoms. The van der Waals surface area contributed by atoms with Crippen LogP contribution in [0.5, 0.6) is 0 Å². The molecule has 4 rings (SSSR count). The highest BCUT2D eigenvalue weighted by Gasteiger charge is 2.18. The summed E-state index contributed by atoms with van der Waals surface area (Å²) in [6.45, 7) is 3.81. The molecular weight excluding hydrogens is 380 g/mol. The number of anilines is 1. The number of H-pyrrole nitrogens is 2. The lowest BCUT2D eigenvalue weighted by Gasteiger charge is -2.10. The fourth-order valence-corrected chi connectivity index (χ4v) is 3.44. The molecule has 0 fully saturated rings. The first-order valence-corrected chi connectivity index (χ1v) is 9.48. The molecule has 2 heterocycles. The summed E-state index contributed by atoms with van der Waals surface area (Å²) in [5.41, 5.74) is 5.52. The second-order valence-electron chi connectivity index (χ2n) is 7.40. The van der Waals surface area contributed by atoms with Gasteiger partial charge < -0.3 is 15.2 Å². The van der Waals surface area contributed by atoms with Crippen molar-refractivity contribution < 1.29 is 9.59 Å². The molecule has 0 aliphatic carbocycles. The van der Waals surface area contributed by atoms with Crippen LogP contribution in [0.1, 0.15) is 31.8 Å². The molecule has 8 heteroatoms. The van der Waals surface area contributed by atoms with Crippen molar-refractivity contribution in [1.82, 2.24) is 25.1 Å². The molecule has 3 N–H and O–H groups in total. The minimum Gasteiger partial charge on any atom is -0.345 e. The number of nitrogens with zero attached hydrogens (tertiary/aromatic N) is 3. The summed E-state index contributed by atoms with van der Waals surface area (Å²) in [6, 6.07) is 11.0. The van der Waals surface area contributed by atoms with Gasteiger partial charge in [-0.25, -0.2) is 4.98 Å². The molecule has 0 spiro atoms. The molecule has 0 unspecified atom stereocenters. The van der Waals surface area contributed by atoms with E-state index in [-0.39, 0.29) is 11.8 Å². The second-order valence-corrected chi connectivity index (χ2v) is 7.40. The number of rotatable bonds is 4. The van der Waals surface area contributed by atoms with Gasteiger partial charge in [-0.3, -0.25) is 14.7 Å². The zero-order valence-electron chi connectivity index (χ0n) is 17.2. The Morgan fingerprint density at radius 2 is 1.80 bits per heavy atom. The zero-order chi connectivity index (χ0) is 21.4. The van der Waals surface area contributed by atoms with Gasteiger partial charge in [0.15, 0.2) is 5.82 Å². The van der Waals surface area contributed by atoms with Crippen molar-refractivity contribution in [3.63, 3.8) is 0 Å². The van der Waals surface area contributed by atoms with Crippen LogP contribution < -0.4 is 5.32 Å². The number of hydrogen-bond acceptors (Lipinski definition) is 4. The van der Waals surface area contributed by atoms with E-state index in [0.717, 1.165) is 16.6 Å². The van der Waals surface area contributed by atoms with Crippen LogP contribution in [0.25, 0.3) is 22.6 Å². The first-order chi connectivity index (χ1) is 14.3. The lowest BCUT2D eigenvalue weighted by atomic mass is 10.0. The lowest BCUT2D eigenvalue weighted by Crippen LogP contribution is -2.21. The smallest absolute Gasteiger partial charge is 0.256 e. The van der Waals surface area contributed by atoms with Crippen molar-refractivity contribution >= 4 is 28.5 Å². The molecule has 0 bridgehead atoms. The Morgan fingerprint density at radius 1 is 1.07 bits per heavy atom. The topological polar surface area (TPSA) is 107 Å². The number of nitrogens with one attached hydrogen (secondary N) is 3.